The average molecular weight is 257 g/mol. The van der Waals surface area contributed by atoms with Gasteiger partial charge in [-0.1, -0.05) is 11.3 Å². The highest BCUT2D eigenvalue weighted by Crippen LogP contribution is 2.33. The number of hydrogen-bond acceptors (Lipinski definition) is 5. The molecule has 0 aliphatic rings. The number of nitrogens with two attached hydrogens (primary N) is 1. The van der Waals surface area contributed by atoms with Gasteiger partial charge in [0, 0.05) is 25.7 Å². The van der Waals surface area contributed by atoms with E-state index in [1.165, 1.54) is 0 Å². The van der Waals surface area contributed by atoms with Gasteiger partial charge in [-0.2, -0.15) is 0 Å². The summed E-state index contributed by atoms with van der Waals surface area (Å²) in [6.45, 7) is 10.7. The molecule has 0 aliphatic carbocycles. The summed E-state index contributed by atoms with van der Waals surface area (Å²) in [6.07, 6.45) is 0. The second-order valence-corrected chi connectivity index (χ2v) is 5.58. The third-order valence-electron chi connectivity index (χ3n) is 2.59. The largest absolute Gasteiger partial charge is 0.378 e. The molecular weight excluding hydrogens is 234 g/mol. The average Bonchev–Trinajstić information content (AvgIpc) is 2.64. The van der Waals surface area contributed by atoms with E-state index < -0.39 is 0 Å². The van der Waals surface area contributed by atoms with Gasteiger partial charge < -0.3 is 15.4 Å². The van der Waals surface area contributed by atoms with Gasteiger partial charge in [0.15, 0.2) is 5.13 Å². The predicted molar refractivity (Wildman–Crippen MR) is 73.6 cm³/mol. The Kier molecular flexibility index (Phi) is 4.91. The van der Waals surface area contributed by atoms with E-state index in [1.807, 2.05) is 13.8 Å². The third-order valence-corrected chi connectivity index (χ3v) is 4.08. The zero-order chi connectivity index (χ0) is 13.1. The normalized spacial score (nSPS) is 11.9. The number of nitrogens with zero attached hydrogens (tertiary/aromatic N) is 2. The Balaban J connectivity index is 3.11. The Bertz CT molecular complexity index is 353. The van der Waals surface area contributed by atoms with Crippen molar-refractivity contribution in [3.8, 4) is 0 Å². The lowest BCUT2D eigenvalue weighted by Crippen LogP contribution is -2.28. The molecule has 0 saturated carbocycles. The van der Waals surface area contributed by atoms with Crippen LogP contribution in [0.1, 0.15) is 38.3 Å². The summed E-state index contributed by atoms with van der Waals surface area (Å²) >= 11 is 1.67. The van der Waals surface area contributed by atoms with Crippen LogP contribution in [0.2, 0.25) is 0 Å². The maximum absolute atomic E-state index is 6.18. The van der Waals surface area contributed by atoms with Gasteiger partial charge in [-0.15, -0.1) is 0 Å². The van der Waals surface area contributed by atoms with Crippen molar-refractivity contribution >= 4 is 16.5 Å². The van der Waals surface area contributed by atoms with Crippen molar-refractivity contribution < 1.29 is 4.74 Å². The fourth-order valence-corrected chi connectivity index (χ4v) is 2.92. The zero-order valence-corrected chi connectivity index (χ0v) is 12.2. The van der Waals surface area contributed by atoms with Crippen molar-refractivity contribution in [1.82, 2.24) is 4.98 Å². The minimum atomic E-state index is -0.364. The molecule has 0 radical (unpaired) electrons. The molecule has 4 nitrogen and oxygen atoms in total. The molecule has 1 rings (SSSR count). The molecule has 0 aliphatic heterocycles. The van der Waals surface area contributed by atoms with Crippen LogP contribution in [-0.4, -0.2) is 25.2 Å². The predicted octanol–water partition coefficient (Wildman–Crippen LogP) is 2.33. The smallest absolute Gasteiger partial charge is 0.185 e. The quantitative estimate of drug-likeness (QED) is 0.850. The van der Waals surface area contributed by atoms with Gasteiger partial charge in [0.1, 0.15) is 0 Å². The summed E-state index contributed by atoms with van der Waals surface area (Å²) in [5.41, 5.74) is 6.78. The van der Waals surface area contributed by atoms with Crippen LogP contribution in [0.5, 0.6) is 0 Å². The number of anilines is 1. The van der Waals surface area contributed by atoms with E-state index in [0.717, 1.165) is 28.8 Å². The maximum Gasteiger partial charge on any atom is 0.185 e. The molecule has 5 heteroatoms. The summed E-state index contributed by atoms with van der Waals surface area (Å²) < 4.78 is 5.19. The summed E-state index contributed by atoms with van der Waals surface area (Å²) in [6, 6.07) is 0. The highest BCUT2D eigenvalue weighted by Gasteiger charge is 2.24. The second kappa shape index (κ2) is 5.80. The SMILES string of the molecule is CCN(CC)c1nc(COC)c(C(C)(C)N)s1. The van der Waals surface area contributed by atoms with Gasteiger partial charge in [0.2, 0.25) is 0 Å². The summed E-state index contributed by atoms with van der Waals surface area (Å²) in [5, 5.41) is 1.04. The van der Waals surface area contributed by atoms with Gasteiger partial charge in [0.05, 0.1) is 17.2 Å². The van der Waals surface area contributed by atoms with Crippen molar-refractivity contribution in [3.63, 3.8) is 0 Å². The van der Waals surface area contributed by atoms with Gasteiger partial charge in [-0.05, 0) is 27.7 Å². The van der Waals surface area contributed by atoms with Crippen LogP contribution in [0.3, 0.4) is 0 Å². The minimum absolute atomic E-state index is 0.364. The second-order valence-electron chi connectivity index (χ2n) is 4.60. The molecule has 0 aromatic carbocycles. The van der Waals surface area contributed by atoms with Crippen LogP contribution in [0.4, 0.5) is 5.13 Å². The fraction of sp³-hybridized carbons (Fsp3) is 0.750. The van der Waals surface area contributed by atoms with E-state index in [-0.39, 0.29) is 5.54 Å². The molecule has 0 spiro atoms. The standard InChI is InChI=1S/C12H23N3OS/c1-6-15(7-2)11-14-9(8-16-5)10(17-11)12(3,4)13/h6-8,13H2,1-5H3. The van der Waals surface area contributed by atoms with Gasteiger partial charge >= 0.3 is 0 Å². The molecule has 0 unspecified atom stereocenters. The first-order valence-corrected chi connectivity index (χ1v) is 6.78. The van der Waals surface area contributed by atoms with Gasteiger partial charge in [-0.25, -0.2) is 4.98 Å². The van der Waals surface area contributed by atoms with Crippen molar-refractivity contribution in [2.45, 2.75) is 39.8 Å². The van der Waals surface area contributed by atoms with E-state index in [2.05, 4.69) is 23.7 Å². The monoisotopic (exact) mass is 257 g/mol. The number of hydrogen-bond donors (Lipinski definition) is 1. The molecule has 2 N–H and O–H groups in total. The number of ether oxygens (including phenoxy) is 1. The van der Waals surface area contributed by atoms with Crippen molar-refractivity contribution in [3.05, 3.63) is 10.6 Å². The lowest BCUT2D eigenvalue weighted by molar-refractivity contribution is 0.180. The number of aromatic nitrogens is 1. The van der Waals surface area contributed by atoms with Crippen molar-refractivity contribution in [2.75, 3.05) is 25.1 Å². The van der Waals surface area contributed by atoms with Crippen LogP contribution in [-0.2, 0) is 16.9 Å². The lowest BCUT2D eigenvalue weighted by Gasteiger charge is -2.18. The van der Waals surface area contributed by atoms with Gasteiger partial charge in [-0.3, -0.25) is 0 Å². The Morgan fingerprint density at radius 1 is 1.35 bits per heavy atom. The van der Waals surface area contributed by atoms with E-state index in [4.69, 9.17) is 10.5 Å². The molecule has 0 bridgehead atoms. The molecule has 1 aromatic heterocycles. The number of thiazole rings is 1. The maximum atomic E-state index is 6.18. The summed E-state index contributed by atoms with van der Waals surface area (Å²) in [7, 11) is 1.68. The minimum Gasteiger partial charge on any atom is -0.378 e. The number of rotatable bonds is 6. The molecule has 0 atom stereocenters. The first-order valence-electron chi connectivity index (χ1n) is 5.96. The van der Waals surface area contributed by atoms with E-state index >= 15 is 0 Å². The van der Waals surface area contributed by atoms with Crippen LogP contribution in [0.15, 0.2) is 0 Å². The molecule has 98 valence electrons. The molecule has 0 amide bonds. The van der Waals surface area contributed by atoms with E-state index in [9.17, 15) is 0 Å². The van der Waals surface area contributed by atoms with Crippen LogP contribution < -0.4 is 10.6 Å². The molecule has 1 aromatic rings. The molecular formula is C12H23N3OS. The topological polar surface area (TPSA) is 51.4 Å². The van der Waals surface area contributed by atoms with Crippen molar-refractivity contribution in [1.29, 1.82) is 0 Å². The molecule has 17 heavy (non-hydrogen) atoms. The highest BCUT2D eigenvalue weighted by atomic mass is 32.1. The summed E-state index contributed by atoms with van der Waals surface area (Å²) in [5.74, 6) is 0. The Morgan fingerprint density at radius 3 is 2.35 bits per heavy atom. The Hall–Kier alpha value is -0.650. The number of methoxy groups -OCH3 is 1. The van der Waals surface area contributed by atoms with E-state index in [0.29, 0.717) is 6.61 Å². The first kappa shape index (κ1) is 14.4. The van der Waals surface area contributed by atoms with Crippen LogP contribution in [0, 0.1) is 0 Å². The van der Waals surface area contributed by atoms with E-state index in [1.54, 1.807) is 18.4 Å². The van der Waals surface area contributed by atoms with Crippen LogP contribution in [0.25, 0.3) is 0 Å². The molecule has 0 fully saturated rings. The Morgan fingerprint density at radius 2 is 1.94 bits per heavy atom. The molecule has 0 saturated heterocycles. The summed E-state index contributed by atoms with van der Waals surface area (Å²) in [4.78, 5) is 8.00. The van der Waals surface area contributed by atoms with Crippen molar-refractivity contribution in [2.24, 2.45) is 5.73 Å². The first-order chi connectivity index (χ1) is 7.93. The highest BCUT2D eigenvalue weighted by molar-refractivity contribution is 7.15. The van der Waals surface area contributed by atoms with Gasteiger partial charge in [0.25, 0.3) is 0 Å². The lowest BCUT2D eigenvalue weighted by atomic mass is 10.0. The van der Waals surface area contributed by atoms with Crippen LogP contribution >= 0.6 is 11.3 Å². The fourth-order valence-electron chi connectivity index (χ4n) is 1.71. The third kappa shape index (κ3) is 3.40. The molecule has 1 heterocycles. The Labute approximate surface area is 108 Å². The zero-order valence-electron chi connectivity index (χ0n) is 11.4.